The zero-order valence-corrected chi connectivity index (χ0v) is 12.5. The quantitative estimate of drug-likeness (QED) is 0.600. The van der Waals surface area contributed by atoms with Crippen LogP contribution in [-0.2, 0) is 11.3 Å². The molecular formula is C17H13N5O2. The lowest BCUT2D eigenvalue weighted by molar-refractivity contribution is -0.137. The summed E-state index contributed by atoms with van der Waals surface area (Å²) in [6.07, 6.45) is 4.99. The van der Waals surface area contributed by atoms with Gasteiger partial charge in [-0.1, -0.05) is 0 Å². The van der Waals surface area contributed by atoms with Gasteiger partial charge < -0.3 is 15.4 Å². The first-order chi connectivity index (χ1) is 11.6. The number of fused-ring (bicyclic) bond motifs is 3. The number of hydrogen-bond acceptors (Lipinski definition) is 5. The number of aromatic nitrogens is 4. The van der Waals surface area contributed by atoms with Gasteiger partial charge in [0.2, 0.25) is 0 Å². The summed E-state index contributed by atoms with van der Waals surface area (Å²) in [7, 11) is 0. The zero-order valence-electron chi connectivity index (χ0n) is 12.5. The number of carboxylic acids is 1. The summed E-state index contributed by atoms with van der Waals surface area (Å²) in [6, 6.07) is 9.12. The highest BCUT2D eigenvalue weighted by molar-refractivity contribution is 6.11. The minimum atomic E-state index is -0.950. The van der Waals surface area contributed by atoms with Crippen molar-refractivity contribution >= 4 is 33.7 Å². The molecule has 0 radical (unpaired) electrons. The summed E-state index contributed by atoms with van der Waals surface area (Å²) in [6.45, 7) is -0.204. The normalized spacial score (nSPS) is 11.2. The minimum absolute atomic E-state index is 0.204. The summed E-state index contributed by atoms with van der Waals surface area (Å²) >= 11 is 0. The standard InChI is InChI=1S/C17H13N5O2/c18-11-5-7-20-17-15(11)16-13(22(17)9-14(23)24)4-3-12(21-16)10-2-1-6-19-8-10/h1-8H,9H2,(H2,18,20)(H,23,24). The Kier molecular flexibility index (Phi) is 3.13. The fourth-order valence-corrected chi connectivity index (χ4v) is 2.85. The molecule has 7 heteroatoms. The van der Waals surface area contributed by atoms with Gasteiger partial charge in [0, 0.05) is 29.8 Å². The molecule has 3 N–H and O–H groups in total. The van der Waals surface area contributed by atoms with E-state index in [-0.39, 0.29) is 6.54 Å². The highest BCUT2D eigenvalue weighted by Gasteiger charge is 2.17. The van der Waals surface area contributed by atoms with Gasteiger partial charge in [0.25, 0.3) is 0 Å². The third kappa shape index (κ3) is 2.14. The van der Waals surface area contributed by atoms with Crippen molar-refractivity contribution in [3.8, 4) is 11.3 Å². The van der Waals surface area contributed by atoms with Gasteiger partial charge in [-0.3, -0.25) is 9.78 Å². The maximum absolute atomic E-state index is 11.2. The fourth-order valence-electron chi connectivity index (χ4n) is 2.85. The molecule has 0 fully saturated rings. The van der Waals surface area contributed by atoms with E-state index < -0.39 is 5.97 Å². The van der Waals surface area contributed by atoms with Crippen molar-refractivity contribution in [2.75, 3.05) is 5.73 Å². The molecule has 7 nitrogen and oxygen atoms in total. The van der Waals surface area contributed by atoms with Crippen LogP contribution in [0.15, 0.2) is 48.9 Å². The van der Waals surface area contributed by atoms with Crippen LogP contribution < -0.4 is 5.73 Å². The van der Waals surface area contributed by atoms with Crippen LogP contribution in [0, 0.1) is 0 Å². The summed E-state index contributed by atoms with van der Waals surface area (Å²) in [5, 5.41) is 9.86. The zero-order chi connectivity index (χ0) is 16.7. The van der Waals surface area contributed by atoms with Gasteiger partial charge in [-0.15, -0.1) is 0 Å². The number of pyridine rings is 3. The topological polar surface area (TPSA) is 107 Å². The number of aliphatic carboxylic acids is 1. The molecule has 0 amide bonds. The Balaban J connectivity index is 2.06. The molecule has 4 rings (SSSR count). The average Bonchev–Trinajstić information content (AvgIpc) is 2.90. The molecule has 0 aliphatic rings. The van der Waals surface area contributed by atoms with Gasteiger partial charge in [-0.25, -0.2) is 9.97 Å². The molecule has 118 valence electrons. The summed E-state index contributed by atoms with van der Waals surface area (Å²) in [5.41, 5.74) is 10.1. The number of rotatable bonds is 3. The molecule has 4 heterocycles. The number of anilines is 1. The molecule has 0 aliphatic heterocycles. The molecule has 24 heavy (non-hydrogen) atoms. The second-order valence-electron chi connectivity index (χ2n) is 5.38. The Morgan fingerprint density at radius 3 is 2.83 bits per heavy atom. The van der Waals surface area contributed by atoms with Crippen molar-refractivity contribution in [2.45, 2.75) is 6.54 Å². The van der Waals surface area contributed by atoms with E-state index in [9.17, 15) is 9.90 Å². The smallest absolute Gasteiger partial charge is 0.323 e. The number of hydrogen-bond donors (Lipinski definition) is 2. The van der Waals surface area contributed by atoms with E-state index in [2.05, 4.69) is 15.0 Å². The van der Waals surface area contributed by atoms with Gasteiger partial charge in [-0.2, -0.15) is 0 Å². The lowest BCUT2D eigenvalue weighted by Gasteiger charge is -2.03. The molecule has 4 aromatic heterocycles. The van der Waals surface area contributed by atoms with E-state index >= 15 is 0 Å². The predicted octanol–water partition coefficient (Wildman–Crippen LogP) is 2.31. The van der Waals surface area contributed by atoms with Gasteiger partial charge in [0.15, 0.2) is 0 Å². The third-order valence-corrected chi connectivity index (χ3v) is 3.87. The minimum Gasteiger partial charge on any atom is -0.480 e. The van der Waals surface area contributed by atoms with E-state index in [1.165, 1.54) is 0 Å². The fraction of sp³-hybridized carbons (Fsp3) is 0.0588. The summed E-state index contributed by atoms with van der Waals surface area (Å²) in [5.74, 6) is -0.950. The molecule has 0 saturated carbocycles. The first kappa shape index (κ1) is 14.1. The van der Waals surface area contributed by atoms with Crippen molar-refractivity contribution < 1.29 is 9.90 Å². The monoisotopic (exact) mass is 319 g/mol. The molecule has 0 saturated heterocycles. The van der Waals surface area contributed by atoms with E-state index in [0.29, 0.717) is 27.8 Å². The van der Waals surface area contributed by atoms with Gasteiger partial charge >= 0.3 is 5.97 Å². The Morgan fingerprint density at radius 1 is 1.21 bits per heavy atom. The lowest BCUT2D eigenvalue weighted by atomic mass is 10.1. The van der Waals surface area contributed by atoms with Crippen LogP contribution in [0.3, 0.4) is 0 Å². The molecule has 0 spiro atoms. The Hall–Kier alpha value is -3.48. The summed E-state index contributed by atoms with van der Waals surface area (Å²) < 4.78 is 1.61. The first-order valence-corrected chi connectivity index (χ1v) is 7.31. The maximum atomic E-state index is 11.2. The maximum Gasteiger partial charge on any atom is 0.323 e. The van der Waals surface area contributed by atoms with Crippen LogP contribution in [0.5, 0.6) is 0 Å². The number of carbonyl (C=O) groups is 1. The SMILES string of the molecule is Nc1ccnc2c1c1nc(-c3cccnc3)ccc1n2CC(=O)O. The molecular weight excluding hydrogens is 306 g/mol. The number of nitrogen functional groups attached to an aromatic ring is 1. The lowest BCUT2D eigenvalue weighted by Crippen LogP contribution is -2.09. The predicted molar refractivity (Wildman–Crippen MR) is 90.3 cm³/mol. The Morgan fingerprint density at radius 2 is 2.08 bits per heavy atom. The number of carboxylic acid groups (broad SMARTS) is 1. The molecule has 0 unspecified atom stereocenters. The summed E-state index contributed by atoms with van der Waals surface area (Å²) in [4.78, 5) is 24.3. The highest BCUT2D eigenvalue weighted by Crippen LogP contribution is 2.32. The van der Waals surface area contributed by atoms with Crippen LogP contribution in [0.4, 0.5) is 5.69 Å². The van der Waals surface area contributed by atoms with E-state index in [1.807, 2.05) is 24.3 Å². The van der Waals surface area contributed by atoms with Crippen molar-refractivity contribution in [3.05, 3.63) is 48.9 Å². The molecule has 0 atom stereocenters. The van der Waals surface area contributed by atoms with Crippen molar-refractivity contribution in [1.29, 1.82) is 0 Å². The van der Waals surface area contributed by atoms with E-state index in [1.54, 1.807) is 29.2 Å². The van der Waals surface area contributed by atoms with Crippen molar-refractivity contribution in [3.63, 3.8) is 0 Å². The highest BCUT2D eigenvalue weighted by atomic mass is 16.4. The first-order valence-electron chi connectivity index (χ1n) is 7.31. The molecule has 4 aromatic rings. The second kappa shape index (κ2) is 5.31. The van der Waals surface area contributed by atoms with Gasteiger partial charge in [-0.05, 0) is 30.3 Å². The van der Waals surface area contributed by atoms with E-state index in [4.69, 9.17) is 5.73 Å². The average molecular weight is 319 g/mol. The Labute approximate surface area is 136 Å². The van der Waals surface area contributed by atoms with Crippen LogP contribution in [0.25, 0.3) is 33.3 Å². The van der Waals surface area contributed by atoms with Crippen LogP contribution >= 0.6 is 0 Å². The third-order valence-electron chi connectivity index (χ3n) is 3.87. The molecule has 0 aliphatic carbocycles. The van der Waals surface area contributed by atoms with Crippen LogP contribution in [0.2, 0.25) is 0 Å². The largest absolute Gasteiger partial charge is 0.480 e. The van der Waals surface area contributed by atoms with Crippen LogP contribution in [0.1, 0.15) is 0 Å². The van der Waals surface area contributed by atoms with Crippen LogP contribution in [-0.4, -0.2) is 30.6 Å². The second-order valence-corrected chi connectivity index (χ2v) is 5.38. The number of nitrogens with zero attached hydrogens (tertiary/aromatic N) is 4. The van der Waals surface area contributed by atoms with Gasteiger partial charge in [0.1, 0.15) is 17.7 Å². The van der Waals surface area contributed by atoms with Crippen molar-refractivity contribution in [1.82, 2.24) is 19.5 Å². The number of nitrogens with two attached hydrogens (primary N) is 1. The van der Waals surface area contributed by atoms with E-state index in [0.717, 1.165) is 11.3 Å². The molecule has 0 bridgehead atoms. The van der Waals surface area contributed by atoms with Gasteiger partial charge in [0.05, 0.1) is 16.6 Å². The Bertz CT molecular complexity index is 1070. The molecule has 0 aromatic carbocycles. The van der Waals surface area contributed by atoms with Crippen molar-refractivity contribution in [2.24, 2.45) is 0 Å².